The molecule has 1 aromatic rings. The van der Waals surface area contributed by atoms with E-state index < -0.39 is 15.0 Å². The van der Waals surface area contributed by atoms with E-state index in [4.69, 9.17) is 10.7 Å². The molecule has 2 rings (SSSR count). The smallest absolute Gasteiger partial charge is 0.273 e. The molecule has 8 heteroatoms. The molecule has 0 radical (unpaired) electrons. The molecule has 0 bridgehead atoms. The summed E-state index contributed by atoms with van der Waals surface area (Å²) in [4.78, 5) is 12.0. The van der Waals surface area contributed by atoms with E-state index in [1.165, 1.54) is 0 Å². The molecule has 0 aliphatic heterocycles. The first-order valence-corrected chi connectivity index (χ1v) is 9.52. The van der Waals surface area contributed by atoms with Crippen molar-refractivity contribution in [2.45, 2.75) is 56.9 Å². The summed E-state index contributed by atoms with van der Waals surface area (Å²) < 4.78 is 23.4. The third-order valence-electron chi connectivity index (χ3n) is 3.65. The summed E-state index contributed by atoms with van der Waals surface area (Å²) in [6, 6.07) is 0.120. The van der Waals surface area contributed by atoms with Crippen molar-refractivity contribution in [3.63, 3.8) is 0 Å². The summed E-state index contributed by atoms with van der Waals surface area (Å²) >= 11 is 0. The van der Waals surface area contributed by atoms with E-state index in [-0.39, 0.29) is 16.6 Å². The zero-order chi connectivity index (χ0) is 15.6. The Morgan fingerprint density at radius 2 is 2.14 bits per heavy atom. The number of amides is 1. The Kier molecular flexibility index (Phi) is 4.93. The van der Waals surface area contributed by atoms with E-state index >= 15 is 0 Å². The maximum Gasteiger partial charge on any atom is 0.273 e. The Hall–Kier alpha value is -1.08. The molecule has 1 fully saturated rings. The van der Waals surface area contributed by atoms with E-state index in [0.29, 0.717) is 18.0 Å². The molecule has 1 heterocycles. The van der Waals surface area contributed by atoms with Gasteiger partial charge in [0.25, 0.3) is 15.0 Å². The molecule has 1 aliphatic rings. The molecule has 0 saturated heterocycles. The van der Waals surface area contributed by atoms with Gasteiger partial charge >= 0.3 is 0 Å². The number of hydrogen-bond acceptors (Lipinski definition) is 4. The van der Waals surface area contributed by atoms with Crippen molar-refractivity contribution >= 4 is 25.6 Å². The Labute approximate surface area is 129 Å². The third kappa shape index (κ3) is 3.77. The maximum absolute atomic E-state index is 12.2. The van der Waals surface area contributed by atoms with Crippen molar-refractivity contribution < 1.29 is 13.2 Å². The van der Waals surface area contributed by atoms with Crippen LogP contribution < -0.4 is 5.32 Å². The van der Waals surface area contributed by atoms with Gasteiger partial charge in [-0.25, -0.2) is 8.42 Å². The number of nitrogens with zero attached hydrogens (tertiary/aromatic N) is 1. The van der Waals surface area contributed by atoms with Gasteiger partial charge in [0, 0.05) is 16.7 Å². The highest BCUT2D eigenvalue weighted by Crippen LogP contribution is 2.35. The molecule has 0 aromatic carbocycles. The Morgan fingerprint density at radius 1 is 1.43 bits per heavy atom. The largest absolute Gasteiger partial charge is 0.348 e. The minimum absolute atomic E-state index is 0.120. The topological polar surface area (TPSA) is 91.9 Å². The molecular weight excluding hydrogens is 314 g/mol. The predicted octanol–water partition coefficient (Wildman–Crippen LogP) is 2.21. The highest BCUT2D eigenvalue weighted by atomic mass is 35.7. The van der Waals surface area contributed by atoms with Gasteiger partial charge in [-0.3, -0.25) is 9.89 Å². The molecule has 2 atom stereocenters. The van der Waals surface area contributed by atoms with Gasteiger partial charge in [-0.05, 0) is 25.2 Å². The summed E-state index contributed by atoms with van der Waals surface area (Å²) in [5.41, 5.74) is 0.258. The van der Waals surface area contributed by atoms with Crippen molar-refractivity contribution in [1.82, 2.24) is 15.5 Å². The Morgan fingerprint density at radius 3 is 2.71 bits per heavy atom. The van der Waals surface area contributed by atoms with Gasteiger partial charge in [-0.1, -0.05) is 26.7 Å². The predicted molar refractivity (Wildman–Crippen MR) is 79.9 cm³/mol. The molecule has 1 amide bonds. The van der Waals surface area contributed by atoms with Crippen molar-refractivity contribution in [2.75, 3.05) is 0 Å². The van der Waals surface area contributed by atoms with E-state index in [1.807, 2.05) is 6.92 Å². The fourth-order valence-electron chi connectivity index (χ4n) is 2.55. The van der Waals surface area contributed by atoms with Crippen LogP contribution in [0.3, 0.4) is 0 Å². The lowest BCUT2D eigenvalue weighted by Gasteiger charge is -2.04. The van der Waals surface area contributed by atoms with Crippen molar-refractivity contribution in [3.8, 4) is 0 Å². The Bertz CT molecular complexity index is 627. The van der Waals surface area contributed by atoms with Crippen LogP contribution in [0.4, 0.5) is 0 Å². The van der Waals surface area contributed by atoms with Crippen molar-refractivity contribution in [1.29, 1.82) is 0 Å². The second-order valence-electron chi connectivity index (χ2n) is 5.43. The van der Waals surface area contributed by atoms with Crippen LogP contribution in [0, 0.1) is 5.92 Å². The van der Waals surface area contributed by atoms with Gasteiger partial charge in [0.05, 0.1) is 5.69 Å². The van der Waals surface area contributed by atoms with Gasteiger partial charge in [-0.15, -0.1) is 0 Å². The monoisotopic (exact) mass is 333 g/mol. The average molecular weight is 334 g/mol. The van der Waals surface area contributed by atoms with Gasteiger partial charge < -0.3 is 5.32 Å². The average Bonchev–Trinajstić information content (AvgIpc) is 2.95. The number of rotatable bonds is 7. The molecule has 118 valence electrons. The molecule has 0 spiro atoms. The van der Waals surface area contributed by atoms with E-state index in [2.05, 4.69) is 22.4 Å². The van der Waals surface area contributed by atoms with E-state index in [1.54, 1.807) is 0 Å². The number of aryl methyl sites for hydroxylation is 1. The first-order valence-electron chi connectivity index (χ1n) is 7.21. The van der Waals surface area contributed by atoms with Crippen LogP contribution in [-0.4, -0.2) is 30.6 Å². The number of nitrogens with one attached hydrogen (secondary N) is 2. The number of carbonyl (C=O) groups is 1. The summed E-state index contributed by atoms with van der Waals surface area (Å²) in [5.74, 6) is 0.0143. The first-order chi connectivity index (χ1) is 9.88. The molecule has 2 N–H and O–H groups in total. The quantitative estimate of drug-likeness (QED) is 0.748. The number of aromatic amines is 1. The zero-order valence-electron chi connectivity index (χ0n) is 12.1. The highest BCUT2D eigenvalue weighted by Gasteiger charge is 2.39. The summed E-state index contributed by atoms with van der Waals surface area (Å²) in [5, 5.41) is 9.30. The van der Waals surface area contributed by atoms with Gasteiger partial charge in [-0.2, -0.15) is 5.10 Å². The number of halogens is 1. The van der Waals surface area contributed by atoms with Crippen LogP contribution in [0.5, 0.6) is 0 Å². The number of hydrogen-bond donors (Lipinski definition) is 2. The minimum Gasteiger partial charge on any atom is -0.348 e. The maximum atomic E-state index is 12.2. The van der Waals surface area contributed by atoms with Crippen LogP contribution in [0.25, 0.3) is 0 Å². The summed E-state index contributed by atoms with van der Waals surface area (Å²) in [7, 11) is 1.44. The van der Waals surface area contributed by atoms with Crippen LogP contribution in [-0.2, 0) is 15.5 Å². The Balaban J connectivity index is 2.18. The molecular formula is C13H20ClN3O3S. The molecule has 6 nitrogen and oxygen atoms in total. The van der Waals surface area contributed by atoms with E-state index in [9.17, 15) is 13.2 Å². The second kappa shape index (κ2) is 6.36. The minimum atomic E-state index is -4.01. The van der Waals surface area contributed by atoms with Crippen LogP contribution in [0.15, 0.2) is 4.90 Å². The molecule has 1 aromatic heterocycles. The van der Waals surface area contributed by atoms with Crippen LogP contribution in [0.2, 0.25) is 0 Å². The fraction of sp³-hybridized carbons (Fsp3) is 0.692. The third-order valence-corrected chi connectivity index (χ3v) is 5.04. The number of aromatic nitrogens is 2. The van der Waals surface area contributed by atoms with E-state index in [0.717, 1.165) is 25.7 Å². The number of H-pyrrole nitrogens is 1. The molecule has 1 aliphatic carbocycles. The standard InChI is InChI=1S/C13H20ClN3O3S/c1-3-5-8-7-10(8)15-13(18)11-12(21(14,19)20)9(6-4-2)16-17-11/h8,10H,3-7H2,1-2H3,(H,15,18)(H,16,17). The lowest BCUT2D eigenvalue weighted by Crippen LogP contribution is -2.28. The van der Waals surface area contributed by atoms with Gasteiger partial charge in [0.15, 0.2) is 5.69 Å². The van der Waals surface area contributed by atoms with Crippen molar-refractivity contribution in [2.24, 2.45) is 5.92 Å². The summed E-state index contributed by atoms with van der Waals surface area (Å²) in [6.07, 6.45) is 4.27. The molecule has 21 heavy (non-hydrogen) atoms. The number of carbonyl (C=O) groups excluding carboxylic acids is 1. The van der Waals surface area contributed by atoms with Crippen LogP contribution >= 0.6 is 10.7 Å². The van der Waals surface area contributed by atoms with Crippen molar-refractivity contribution in [3.05, 3.63) is 11.4 Å². The van der Waals surface area contributed by atoms with Gasteiger partial charge in [0.1, 0.15) is 4.90 Å². The fourth-order valence-corrected chi connectivity index (χ4v) is 3.86. The normalized spacial score (nSPS) is 21.3. The lowest BCUT2D eigenvalue weighted by molar-refractivity contribution is 0.0940. The molecule has 2 unspecified atom stereocenters. The first kappa shape index (κ1) is 16.3. The zero-order valence-corrected chi connectivity index (χ0v) is 13.7. The lowest BCUT2D eigenvalue weighted by atomic mass is 10.2. The highest BCUT2D eigenvalue weighted by molar-refractivity contribution is 8.13. The SMILES string of the molecule is CCCc1[nH]nc(C(=O)NC2CC2CCC)c1S(=O)(=O)Cl. The molecule has 1 saturated carbocycles. The van der Waals surface area contributed by atoms with Crippen LogP contribution in [0.1, 0.15) is 55.7 Å². The summed E-state index contributed by atoms with van der Waals surface area (Å²) in [6.45, 7) is 4.00. The second-order valence-corrected chi connectivity index (χ2v) is 7.93. The van der Waals surface area contributed by atoms with Gasteiger partial charge in [0.2, 0.25) is 0 Å².